The van der Waals surface area contributed by atoms with Crippen molar-refractivity contribution >= 4 is 17.4 Å². The van der Waals surface area contributed by atoms with Crippen molar-refractivity contribution in [3.63, 3.8) is 0 Å². The zero-order chi connectivity index (χ0) is 15.5. The minimum absolute atomic E-state index is 0.387. The van der Waals surface area contributed by atoms with Crippen LogP contribution >= 0.6 is 11.6 Å². The molecule has 6 nitrogen and oxygen atoms in total. The van der Waals surface area contributed by atoms with Gasteiger partial charge in [0.1, 0.15) is 12.1 Å². The fourth-order valence-corrected chi connectivity index (χ4v) is 2.78. The second kappa shape index (κ2) is 6.62. The summed E-state index contributed by atoms with van der Waals surface area (Å²) < 4.78 is 7.33. The van der Waals surface area contributed by atoms with Crippen molar-refractivity contribution in [1.82, 2.24) is 19.7 Å². The maximum absolute atomic E-state index is 6.15. The summed E-state index contributed by atoms with van der Waals surface area (Å²) in [5, 5.41) is 8.48. The number of nitrogens with one attached hydrogen (secondary N) is 1. The van der Waals surface area contributed by atoms with Gasteiger partial charge >= 0.3 is 0 Å². The molecule has 2 aromatic rings. The van der Waals surface area contributed by atoms with E-state index in [9.17, 15) is 0 Å². The lowest BCUT2D eigenvalue weighted by atomic mass is 10.1. The van der Waals surface area contributed by atoms with Crippen LogP contribution in [-0.4, -0.2) is 39.5 Å². The topological polar surface area (TPSA) is 64.9 Å². The molecule has 1 N–H and O–H groups in total. The number of aryl methyl sites for hydroxylation is 1. The molecule has 0 spiro atoms. The van der Waals surface area contributed by atoms with Crippen molar-refractivity contribution in [1.29, 1.82) is 0 Å². The van der Waals surface area contributed by atoms with Crippen LogP contribution in [0.3, 0.4) is 0 Å². The van der Waals surface area contributed by atoms with Crippen LogP contribution in [0.4, 0.5) is 5.82 Å². The van der Waals surface area contributed by atoms with Gasteiger partial charge in [-0.3, -0.25) is 4.68 Å². The number of hydrogen-bond acceptors (Lipinski definition) is 5. The predicted octanol–water partition coefficient (Wildman–Crippen LogP) is 2.56. The number of ether oxygens (including phenoxy) is 1. The molecule has 2 aromatic heterocycles. The van der Waals surface area contributed by atoms with Gasteiger partial charge in [-0.2, -0.15) is 5.10 Å². The molecule has 1 atom stereocenters. The molecule has 3 heterocycles. The molecule has 3 rings (SSSR count). The van der Waals surface area contributed by atoms with Crippen LogP contribution in [0.1, 0.15) is 29.4 Å². The number of halogens is 1. The first kappa shape index (κ1) is 15.2. The van der Waals surface area contributed by atoms with Crippen LogP contribution in [0.15, 0.2) is 12.4 Å². The monoisotopic (exact) mass is 321 g/mol. The highest BCUT2D eigenvalue weighted by Gasteiger charge is 2.19. The van der Waals surface area contributed by atoms with E-state index in [1.165, 1.54) is 0 Å². The smallest absolute Gasteiger partial charge is 0.129 e. The van der Waals surface area contributed by atoms with E-state index >= 15 is 0 Å². The number of hydrogen-bond donors (Lipinski definition) is 1. The molecule has 7 heteroatoms. The summed E-state index contributed by atoms with van der Waals surface area (Å²) in [7, 11) is 0. The Labute approximate surface area is 134 Å². The average molecular weight is 322 g/mol. The fourth-order valence-electron chi connectivity index (χ4n) is 2.64. The van der Waals surface area contributed by atoms with Crippen molar-refractivity contribution in [2.24, 2.45) is 0 Å². The Bertz CT molecular complexity index is 651. The number of aromatic nitrogens is 4. The molecule has 0 unspecified atom stereocenters. The van der Waals surface area contributed by atoms with E-state index in [0.717, 1.165) is 60.6 Å². The number of anilines is 1. The van der Waals surface area contributed by atoms with Gasteiger partial charge in [-0.05, 0) is 20.3 Å². The second-order valence-electron chi connectivity index (χ2n) is 5.52. The standard InChI is InChI=1S/C15H20ClN5O/c1-10-15(16)11(2)21(20-10)5-4-17-14-7-13(18-9-19-14)12-3-6-22-8-12/h7,9,12H,3-6,8H2,1-2H3,(H,17,18,19)/t12-/m0/s1. The Morgan fingerprint density at radius 1 is 1.41 bits per heavy atom. The number of rotatable bonds is 5. The third-order valence-electron chi connectivity index (χ3n) is 3.96. The normalized spacial score (nSPS) is 17.9. The van der Waals surface area contributed by atoms with Crippen molar-refractivity contribution in [2.45, 2.75) is 32.7 Å². The van der Waals surface area contributed by atoms with Crippen LogP contribution in [0.2, 0.25) is 5.02 Å². The first-order valence-corrected chi connectivity index (χ1v) is 7.86. The largest absolute Gasteiger partial charge is 0.381 e. The molecule has 0 aliphatic carbocycles. The maximum atomic E-state index is 6.15. The van der Waals surface area contributed by atoms with Crippen LogP contribution in [-0.2, 0) is 11.3 Å². The predicted molar refractivity (Wildman–Crippen MR) is 85.4 cm³/mol. The van der Waals surface area contributed by atoms with Gasteiger partial charge < -0.3 is 10.1 Å². The maximum Gasteiger partial charge on any atom is 0.129 e. The number of nitrogens with zero attached hydrogens (tertiary/aromatic N) is 4. The van der Waals surface area contributed by atoms with Gasteiger partial charge in [-0.15, -0.1) is 0 Å². The molecule has 0 radical (unpaired) electrons. The lowest BCUT2D eigenvalue weighted by Crippen LogP contribution is -2.14. The molecular weight excluding hydrogens is 302 g/mol. The molecule has 0 saturated carbocycles. The zero-order valence-electron chi connectivity index (χ0n) is 12.8. The Balaban J connectivity index is 1.59. The second-order valence-corrected chi connectivity index (χ2v) is 5.90. The first-order chi connectivity index (χ1) is 10.6. The van der Waals surface area contributed by atoms with Gasteiger partial charge in [-0.25, -0.2) is 9.97 Å². The summed E-state index contributed by atoms with van der Waals surface area (Å²) in [5.74, 6) is 1.22. The van der Waals surface area contributed by atoms with Gasteiger partial charge in [0.2, 0.25) is 0 Å². The highest BCUT2D eigenvalue weighted by atomic mass is 35.5. The van der Waals surface area contributed by atoms with Gasteiger partial charge in [0.25, 0.3) is 0 Å². The molecule has 0 amide bonds. The zero-order valence-corrected chi connectivity index (χ0v) is 13.6. The van der Waals surface area contributed by atoms with E-state index < -0.39 is 0 Å². The van der Waals surface area contributed by atoms with Crippen molar-refractivity contribution in [3.05, 3.63) is 34.5 Å². The third-order valence-corrected chi connectivity index (χ3v) is 4.51. The molecule has 1 saturated heterocycles. The Hall–Kier alpha value is -1.66. The van der Waals surface area contributed by atoms with E-state index in [1.54, 1.807) is 6.33 Å². The highest BCUT2D eigenvalue weighted by molar-refractivity contribution is 6.31. The van der Waals surface area contributed by atoms with Gasteiger partial charge in [0, 0.05) is 25.1 Å². The van der Waals surface area contributed by atoms with Gasteiger partial charge in [0.05, 0.1) is 35.3 Å². The van der Waals surface area contributed by atoms with Gasteiger partial charge in [-0.1, -0.05) is 11.6 Å². The molecule has 0 aromatic carbocycles. The molecule has 0 bridgehead atoms. The first-order valence-electron chi connectivity index (χ1n) is 7.48. The lowest BCUT2D eigenvalue weighted by Gasteiger charge is -2.10. The SMILES string of the molecule is Cc1nn(CCNc2cc([C@H]3CCOC3)ncn2)c(C)c1Cl. The van der Waals surface area contributed by atoms with Gasteiger partial charge in [0.15, 0.2) is 0 Å². The molecule has 118 valence electrons. The van der Waals surface area contributed by atoms with Crippen LogP contribution in [0, 0.1) is 13.8 Å². The summed E-state index contributed by atoms with van der Waals surface area (Å²) in [6.07, 6.45) is 2.64. The average Bonchev–Trinajstić information content (AvgIpc) is 3.14. The quantitative estimate of drug-likeness (QED) is 0.917. The lowest BCUT2D eigenvalue weighted by molar-refractivity contribution is 0.193. The summed E-state index contributed by atoms with van der Waals surface area (Å²) in [6, 6.07) is 2.01. The van der Waals surface area contributed by atoms with Crippen molar-refractivity contribution in [2.75, 3.05) is 25.1 Å². The summed E-state index contributed by atoms with van der Waals surface area (Å²) in [4.78, 5) is 8.62. The Morgan fingerprint density at radius 3 is 2.95 bits per heavy atom. The molecule has 22 heavy (non-hydrogen) atoms. The van der Waals surface area contributed by atoms with Crippen LogP contribution in [0.5, 0.6) is 0 Å². The molecular formula is C15H20ClN5O. The minimum Gasteiger partial charge on any atom is -0.381 e. The fraction of sp³-hybridized carbons (Fsp3) is 0.533. The Kier molecular flexibility index (Phi) is 4.59. The minimum atomic E-state index is 0.387. The summed E-state index contributed by atoms with van der Waals surface area (Å²) >= 11 is 6.15. The summed E-state index contributed by atoms with van der Waals surface area (Å²) in [6.45, 7) is 6.93. The third kappa shape index (κ3) is 3.23. The van der Waals surface area contributed by atoms with Crippen molar-refractivity contribution < 1.29 is 4.74 Å². The summed E-state index contributed by atoms with van der Waals surface area (Å²) in [5.41, 5.74) is 2.90. The van der Waals surface area contributed by atoms with E-state index in [0.29, 0.717) is 5.92 Å². The van der Waals surface area contributed by atoms with E-state index in [1.807, 2.05) is 24.6 Å². The van der Waals surface area contributed by atoms with E-state index in [-0.39, 0.29) is 0 Å². The molecule has 1 fully saturated rings. The Morgan fingerprint density at radius 2 is 2.27 bits per heavy atom. The molecule has 1 aliphatic heterocycles. The molecule has 1 aliphatic rings. The highest BCUT2D eigenvalue weighted by Crippen LogP contribution is 2.24. The van der Waals surface area contributed by atoms with Crippen LogP contribution in [0.25, 0.3) is 0 Å². The van der Waals surface area contributed by atoms with Crippen LogP contribution < -0.4 is 5.32 Å². The van der Waals surface area contributed by atoms with Crippen molar-refractivity contribution in [3.8, 4) is 0 Å². The van der Waals surface area contributed by atoms with E-state index in [2.05, 4.69) is 20.4 Å². The van der Waals surface area contributed by atoms with E-state index in [4.69, 9.17) is 16.3 Å².